The molecule has 2 aromatic rings. The van der Waals surface area contributed by atoms with Crippen molar-refractivity contribution >= 4 is 23.6 Å². The number of aryl methyl sites for hydroxylation is 2. The average molecular weight is 320 g/mol. The van der Waals surface area contributed by atoms with Crippen LogP contribution < -0.4 is 5.32 Å². The lowest BCUT2D eigenvalue weighted by atomic mass is 10.1. The van der Waals surface area contributed by atoms with Crippen molar-refractivity contribution in [1.29, 1.82) is 0 Å². The summed E-state index contributed by atoms with van der Waals surface area (Å²) in [5.41, 5.74) is 3.19. The van der Waals surface area contributed by atoms with Gasteiger partial charge in [-0.1, -0.05) is 35.9 Å². The lowest BCUT2D eigenvalue weighted by Gasteiger charge is -2.07. The Kier molecular flexibility index (Phi) is 5.35. The first-order valence-electron chi connectivity index (χ1n) is 6.85. The third kappa shape index (κ3) is 3.75. The Morgan fingerprint density at radius 2 is 2.09 bits per heavy atom. The summed E-state index contributed by atoms with van der Waals surface area (Å²) in [5, 5.41) is 16.7. The van der Waals surface area contributed by atoms with E-state index in [4.69, 9.17) is 11.6 Å². The number of carbonyl (C=O) groups excluding carboxylic acids is 1. The Balaban J connectivity index is 2.00. The molecular formula is C16H18ClN3O2. The van der Waals surface area contributed by atoms with Crippen molar-refractivity contribution in [3.63, 3.8) is 0 Å². The smallest absolute Gasteiger partial charge is 0.244 e. The van der Waals surface area contributed by atoms with Gasteiger partial charge in [0, 0.05) is 25.2 Å². The van der Waals surface area contributed by atoms with Crippen LogP contribution in [0.4, 0.5) is 0 Å². The van der Waals surface area contributed by atoms with Gasteiger partial charge in [0.1, 0.15) is 5.15 Å². The summed E-state index contributed by atoms with van der Waals surface area (Å²) in [4.78, 5) is 11.9. The van der Waals surface area contributed by atoms with Crippen molar-refractivity contribution in [2.45, 2.75) is 20.1 Å². The van der Waals surface area contributed by atoms with Crippen LogP contribution in [0, 0.1) is 6.92 Å². The molecule has 0 saturated carbocycles. The van der Waals surface area contributed by atoms with Crippen molar-refractivity contribution in [2.75, 3.05) is 0 Å². The highest BCUT2D eigenvalue weighted by Gasteiger charge is 2.08. The molecule has 0 atom stereocenters. The highest BCUT2D eigenvalue weighted by molar-refractivity contribution is 6.31. The molecule has 1 amide bonds. The normalized spacial score (nSPS) is 11.1. The third-order valence-electron chi connectivity index (χ3n) is 3.34. The quantitative estimate of drug-likeness (QED) is 0.830. The number of hydrogen-bond donors (Lipinski definition) is 2. The summed E-state index contributed by atoms with van der Waals surface area (Å²) in [6.45, 7) is 2.15. The van der Waals surface area contributed by atoms with Gasteiger partial charge in [-0.15, -0.1) is 0 Å². The summed E-state index contributed by atoms with van der Waals surface area (Å²) >= 11 is 6.10. The minimum Gasteiger partial charge on any atom is -0.392 e. The van der Waals surface area contributed by atoms with E-state index in [9.17, 15) is 9.90 Å². The molecule has 22 heavy (non-hydrogen) atoms. The monoisotopic (exact) mass is 319 g/mol. The highest BCUT2D eigenvalue weighted by atomic mass is 35.5. The van der Waals surface area contributed by atoms with E-state index in [1.807, 2.05) is 31.2 Å². The Morgan fingerprint density at radius 1 is 1.41 bits per heavy atom. The van der Waals surface area contributed by atoms with E-state index in [0.717, 1.165) is 22.4 Å². The highest BCUT2D eigenvalue weighted by Crippen LogP contribution is 2.19. The predicted octanol–water partition coefficient (Wildman–Crippen LogP) is 2.20. The molecule has 5 nitrogen and oxygen atoms in total. The van der Waals surface area contributed by atoms with Gasteiger partial charge in [-0.3, -0.25) is 9.48 Å². The zero-order valence-electron chi connectivity index (χ0n) is 12.5. The minimum atomic E-state index is -0.230. The number of hydrogen-bond acceptors (Lipinski definition) is 3. The lowest BCUT2D eigenvalue weighted by Crippen LogP contribution is -2.21. The largest absolute Gasteiger partial charge is 0.392 e. The van der Waals surface area contributed by atoms with Crippen LogP contribution in [0.3, 0.4) is 0 Å². The van der Waals surface area contributed by atoms with Crippen LogP contribution in [0.5, 0.6) is 0 Å². The molecule has 0 unspecified atom stereocenters. The first kappa shape index (κ1) is 16.3. The van der Waals surface area contributed by atoms with Gasteiger partial charge in [-0.25, -0.2) is 0 Å². The molecule has 0 aliphatic rings. The Morgan fingerprint density at radius 3 is 2.68 bits per heavy atom. The number of aliphatic hydroxyl groups excluding tert-OH is 1. The zero-order valence-corrected chi connectivity index (χ0v) is 13.3. The van der Waals surface area contributed by atoms with Crippen LogP contribution in [0.25, 0.3) is 6.08 Å². The molecule has 0 spiro atoms. The van der Waals surface area contributed by atoms with Crippen LogP contribution in [-0.4, -0.2) is 20.8 Å². The molecule has 0 aliphatic carbocycles. The molecule has 1 aromatic heterocycles. The zero-order chi connectivity index (χ0) is 16.1. The van der Waals surface area contributed by atoms with Gasteiger partial charge in [0.25, 0.3) is 0 Å². The van der Waals surface area contributed by atoms with E-state index in [2.05, 4.69) is 10.4 Å². The molecule has 0 saturated heterocycles. The van der Waals surface area contributed by atoms with Gasteiger partial charge < -0.3 is 10.4 Å². The molecule has 0 aliphatic heterocycles. The van der Waals surface area contributed by atoms with E-state index < -0.39 is 0 Å². The molecule has 6 heteroatoms. The number of halogens is 1. The maximum Gasteiger partial charge on any atom is 0.244 e. The summed E-state index contributed by atoms with van der Waals surface area (Å²) in [5.74, 6) is -0.230. The Bertz CT molecular complexity index is 707. The van der Waals surface area contributed by atoms with E-state index >= 15 is 0 Å². The van der Waals surface area contributed by atoms with E-state index in [1.165, 1.54) is 6.08 Å². The Labute approximate surface area is 134 Å². The molecular weight excluding hydrogens is 302 g/mol. The second kappa shape index (κ2) is 7.24. The third-order valence-corrected chi connectivity index (χ3v) is 3.79. The van der Waals surface area contributed by atoms with Crippen LogP contribution >= 0.6 is 11.6 Å². The van der Waals surface area contributed by atoms with Gasteiger partial charge in [0.15, 0.2) is 0 Å². The van der Waals surface area contributed by atoms with Gasteiger partial charge in [0.05, 0.1) is 12.3 Å². The number of benzene rings is 1. The fourth-order valence-corrected chi connectivity index (χ4v) is 2.36. The van der Waals surface area contributed by atoms with E-state index in [1.54, 1.807) is 17.8 Å². The molecule has 0 fully saturated rings. The second-order valence-electron chi connectivity index (χ2n) is 4.89. The molecule has 1 heterocycles. The minimum absolute atomic E-state index is 0.0492. The molecule has 0 radical (unpaired) electrons. The summed E-state index contributed by atoms with van der Waals surface area (Å²) < 4.78 is 1.56. The maximum atomic E-state index is 11.9. The number of rotatable bonds is 5. The van der Waals surface area contributed by atoms with Gasteiger partial charge in [0.2, 0.25) is 5.91 Å². The van der Waals surface area contributed by atoms with Gasteiger partial charge in [-0.2, -0.15) is 5.10 Å². The lowest BCUT2D eigenvalue weighted by molar-refractivity contribution is -0.116. The van der Waals surface area contributed by atoms with Gasteiger partial charge in [-0.05, 0) is 24.1 Å². The number of amides is 1. The SMILES string of the molecule is Cc1nn(C)c(Cl)c1/C=C/C(=O)NCc1ccccc1CO. The van der Waals surface area contributed by atoms with Crippen LogP contribution in [0.15, 0.2) is 30.3 Å². The summed E-state index contributed by atoms with van der Waals surface area (Å²) in [7, 11) is 1.75. The first-order chi connectivity index (χ1) is 10.5. The van der Waals surface area contributed by atoms with E-state index in [-0.39, 0.29) is 12.5 Å². The van der Waals surface area contributed by atoms with Gasteiger partial charge >= 0.3 is 0 Å². The van der Waals surface area contributed by atoms with Crippen molar-refractivity contribution in [2.24, 2.45) is 7.05 Å². The maximum absolute atomic E-state index is 11.9. The Hall–Kier alpha value is -2.11. The first-order valence-corrected chi connectivity index (χ1v) is 7.23. The van der Waals surface area contributed by atoms with Crippen molar-refractivity contribution < 1.29 is 9.90 Å². The van der Waals surface area contributed by atoms with Crippen molar-refractivity contribution in [3.05, 3.63) is 57.9 Å². The van der Waals surface area contributed by atoms with Crippen LogP contribution in [0.2, 0.25) is 5.15 Å². The molecule has 2 N–H and O–H groups in total. The van der Waals surface area contributed by atoms with E-state index in [0.29, 0.717) is 11.7 Å². The summed E-state index contributed by atoms with van der Waals surface area (Å²) in [6.07, 6.45) is 3.08. The molecule has 0 bridgehead atoms. The van der Waals surface area contributed by atoms with Crippen molar-refractivity contribution in [3.8, 4) is 0 Å². The second-order valence-corrected chi connectivity index (χ2v) is 5.25. The van der Waals surface area contributed by atoms with Crippen molar-refractivity contribution in [1.82, 2.24) is 15.1 Å². The number of carbonyl (C=O) groups is 1. The molecule has 116 valence electrons. The predicted molar refractivity (Wildman–Crippen MR) is 86.2 cm³/mol. The number of nitrogens with one attached hydrogen (secondary N) is 1. The fraction of sp³-hybridized carbons (Fsp3) is 0.250. The van der Waals surface area contributed by atoms with Crippen LogP contribution in [-0.2, 0) is 25.0 Å². The number of nitrogens with zero attached hydrogens (tertiary/aromatic N) is 2. The average Bonchev–Trinajstić information content (AvgIpc) is 2.76. The fourth-order valence-electron chi connectivity index (χ4n) is 2.12. The standard InChI is InChI=1S/C16H18ClN3O2/c1-11-14(16(17)20(2)19-11)7-8-15(22)18-9-12-5-3-4-6-13(12)10-21/h3-8,21H,9-10H2,1-2H3,(H,18,22)/b8-7+. The topological polar surface area (TPSA) is 67.2 Å². The number of aromatic nitrogens is 2. The van der Waals surface area contributed by atoms with Crippen LogP contribution in [0.1, 0.15) is 22.4 Å². The molecule has 1 aromatic carbocycles. The number of aliphatic hydroxyl groups is 1. The molecule has 2 rings (SSSR count). The summed E-state index contributed by atoms with van der Waals surface area (Å²) in [6, 6.07) is 7.42.